The Bertz CT molecular complexity index is 543. The fraction of sp³-hybridized carbons (Fsp3) is 0.600. The third kappa shape index (κ3) is 12.0. The van der Waals surface area contributed by atoms with Crippen LogP contribution >= 0.6 is 0 Å². The lowest BCUT2D eigenvalue weighted by atomic mass is 10.2. The van der Waals surface area contributed by atoms with Crippen LogP contribution in [0, 0.1) is 0 Å². The van der Waals surface area contributed by atoms with E-state index in [1.54, 1.807) is 0 Å². The molecular formula is C20H40O3Si4. The zero-order valence-corrected chi connectivity index (χ0v) is 22.9. The van der Waals surface area contributed by atoms with E-state index in [1.165, 1.54) is 5.56 Å². The van der Waals surface area contributed by atoms with Crippen LogP contribution in [0.5, 0.6) is 0 Å². The van der Waals surface area contributed by atoms with E-state index in [0.29, 0.717) is 0 Å². The molecule has 1 aromatic carbocycles. The van der Waals surface area contributed by atoms with Crippen molar-refractivity contribution in [3.05, 3.63) is 42.0 Å². The molecule has 0 atom stereocenters. The standard InChI is InChI=1S/C20H40O3Si4/c1-24(2,3)21-27(22-25(4,5)6,23-26(7,8)9)19-15-11-14-18-20-16-12-10-13-17-20/h10,12-14,16-18H,11,15,19H2,1-9H3. The van der Waals surface area contributed by atoms with Crippen molar-refractivity contribution in [1.29, 1.82) is 0 Å². The van der Waals surface area contributed by atoms with Crippen LogP contribution in [-0.4, -0.2) is 33.8 Å². The average molecular weight is 441 g/mol. The van der Waals surface area contributed by atoms with Crippen LogP contribution in [0.15, 0.2) is 36.4 Å². The first kappa shape index (κ1) is 24.7. The Morgan fingerprint density at radius 1 is 0.704 bits per heavy atom. The molecule has 0 bridgehead atoms. The van der Waals surface area contributed by atoms with Crippen LogP contribution < -0.4 is 0 Å². The normalized spacial score (nSPS) is 14.1. The van der Waals surface area contributed by atoms with Gasteiger partial charge in [0.25, 0.3) is 0 Å². The first-order chi connectivity index (χ1) is 12.2. The highest BCUT2D eigenvalue weighted by Gasteiger charge is 2.49. The molecular weight excluding hydrogens is 401 g/mol. The van der Waals surface area contributed by atoms with E-state index < -0.39 is 33.8 Å². The van der Waals surface area contributed by atoms with Gasteiger partial charge in [-0.1, -0.05) is 42.5 Å². The molecule has 0 aliphatic heterocycles. The number of hydrogen-bond donors (Lipinski definition) is 0. The number of unbranched alkanes of at least 4 members (excludes halogenated alkanes) is 1. The first-order valence-electron chi connectivity index (χ1n) is 10.0. The molecule has 0 saturated heterocycles. The molecule has 0 heterocycles. The predicted octanol–water partition coefficient (Wildman–Crippen LogP) is 6.97. The monoisotopic (exact) mass is 440 g/mol. The molecule has 0 amide bonds. The van der Waals surface area contributed by atoms with Crippen LogP contribution in [0.25, 0.3) is 6.08 Å². The zero-order valence-electron chi connectivity index (χ0n) is 18.9. The summed E-state index contributed by atoms with van der Waals surface area (Å²) < 4.78 is 20.2. The van der Waals surface area contributed by atoms with Gasteiger partial charge in [-0.3, -0.25) is 0 Å². The summed E-state index contributed by atoms with van der Waals surface area (Å²) >= 11 is 0. The second kappa shape index (κ2) is 9.95. The summed E-state index contributed by atoms with van der Waals surface area (Å²) in [6, 6.07) is 11.4. The lowest BCUT2D eigenvalue weighted by Gasteiger charge is -2.42. The molecule has 0 unspecified atom stereocenters. The fourth-order valence-corrected chi connectivity index (χ4v) is 17.5. The van der Waals surface area contributed by atoms with E-state index in [2.05, 4.69) is 95.3 Å². The Morgan fingerprint density at radius 2 is 1.15 bits per heavy atom. The third-order valence-corrected chi connectivity index (χ3v) is 15.4. The van der Waals surface area contributed by atoms with E-state index in [-0.39, 0.29) is 0 Å². The Labute approximate surface area is 171 Å². The van der Waals surface area contributed by atoms with Gasteiger partial charge in [0.05, 0.1) is 0 Å². The molecule has 0 saturated carbocycles. The smallest absolute Gasteiger partial charge is 0.417 e. The Balaban J connectivity index is 2.88. The highest BCUT2D eigenvalue weighted by atomic mass is 28.5. The van der Waals surface area contributed by atoms with Crippen molar-refractivity contribution in [2.75, 3.05) is 0 Å². The van der Waals surface area contributed by atoms with Crippen molar-refractivity contribution >= 4 is 39.8 Å². The first-order valence-corrected chi connectivity index (χ1v) is 22.2. The highest BCUT2D eigenvalue weighted by Crippen LogP contribution is 2.30. The van der Waals surface area contributed by atoms with Gasteiger partial charge in [0, 0.05) is 6.04 Å². The number of allylic oxidation sites excluding steroid dienone is 1. The molecule has 0 N–H and O–H groups in total. The number of rotatable bonds is 11. The van der Waals surface area contributed by atoms with Crippen LogP contribution in [0.1, 0.15) is 18.4 Å². The zero-order chi connectivity index (χ0) is 20.8. The summed E-state index contributed by atoms with van der Waals surface area (Å²) in [5.74, 6) is 0. The molecule has 0 spiro atoms. The average Bonchev–Trinajstić information content (AvgIpc) is 2.42. The summed E-state index contributed by atoms with van der Waals surface area (Å²) in [5.41, 5.74) is 1.25. The molecule has 0 fully saturated rings. The molecule has 3 nitrogen and oxygen atoms in total. The van der Waals surface area contributed by atoms with Crippen LogP contribution in [0.4, 0.5) is 0 Å². The molecule has 0 aromatic heterocycles. The van der Waals surface area contributed by atoms with Crippen molar-refractivity contribution < 1.29 is 12.3 Å². The van der Waals surface area contributed by atoms with E-state index in [0.717, 1.165) is 18.9 Å². The third-order valence-electron chi connectivity index (χ3n) is 3.35. The number of benzene rings is 1. The predicted molar refractivity (Wildman–Crippen MR) is 129 cm³/mol. The molecule has 7 heteroatoms. The highest BCUT2D eigenvalue weighted by molar-refractivity contribution is 6.90. The minimum absolute atomic E-state index is 0.908. The molecule has 27 heavy (non-hydrogen) atoms. The van der Waals surface area contributed by atoms with E-state index in [4.69, 9.17) is 12.3 Å². The van der Waals surface area contributed by atoms with E-state index >= 15 is 0 Å². The summed E-state index contributed by atoms with van der Waals surface area (Å²) in [5, 5.41) is 0. The van der Waals surface area contributed by atoms with Gasteiger partial charge < -0.3 is 12.3 Å². The van der Waals surface area contributed by atoms with Crippen molar-refractivity contribution in [2.45, 2.75) is 77.8 Å². The van der Waals surface area contributed by atoms with E-state index in [1.807, 2.05) is 6.07 Å². The maximum Gasteiger partial charge on any atom is 0.469 e. The van der Waals surface area contributed by atoms with Gasteiger partial charge in [-0.05, 0) is 77.3 Å². The topological polar surface area (TPSA) is 27.7 Å². The second-order valence-corrected chi connectivity index (χ2v) is 27.0. The van der Waals surface area contributed by atoms with Gasteiger partial charge in [0.15, 0.2) is 25.0 Å². The molecule has 0 aliphatic rings. The summed E-state index contributed by atoms with van der Waals surface area (Å²) in [6.45, 7) is 20.2. The maximum absolute atomic E-state index is 6.72. The van der Waals surface area contributed by atoms with Gasteiger partial charge in [-0.15, -0.1) is 0 Å². The van der Waals surface area contributed by atoms with Gasteiger partial charge >= 0.3 is 8.80 Å². The van der Waals surface area contributed by atoms with Crippen molar-refractivity contribution in [1.82, 2.24) is 0 Å². The van der Waals surface area contributed by atoms with Crippen molar-refractivity contribution in [3.63, 3.8) is 0 Å². The van der Waals surface area contributed by atoms with Crippen molar-refractivity contribution in [3.8, 4) is 0 Å². The molecule has 1 rings (SSSR count). The SMILES string of the molecule is C[Si](C)(C)O[Si](CCCC=Cc1ccccc1)(O[Si](C)(C)C)O[Si](C)(C)C. The van der Waals surface area contributed by atoms with Crippen molar-refractivity contribution in [2.24, 2.45) is 0 Å². The lowest BCUT2D eigenvalue weighted by Crippen LogP contribution is -2.60. The Morgan fingerprint density at radius 3 is 1.56 bits per heavy atom. The van der Waals surface area contributed by atoms with Crippen LogP contribution in [0.2, 0.25) is 65.0 Å². The number of hydrogen-bond acceptors (Lipinski definition) is 3. The van der Waals surface area contributed by atoms with Gasteiger partial charge in [-0.25, -0.2) is 0 Å². The second-order valence-electron chi connectivity index (χ2n) is 10.0. The minimum Gasteiger partial charge on any atom is -0.417 e. The molecule has 0 radical (unpaired) electrons. The molecule has 154 valence electrons. The quantitative estimate of drug-likeness (QED) is 0.274. The summed E-state index contributed by atoms with van der Waals surface area (Å²) in [6.07, 6.45) is 6.51. The summed E-state index contributed by atoms with van der Waals surface area (Å²) in [4.78, 5) is 0. The Kier molecular flexibility index (Phi) is 9.12. The van der Waals surface area contributed by atoms with Crippen LogP contribution in [-0.2, 0) is 12.3 Å². The summed E-state index contributed by atoms with van der Waals surface area (Å²) in [7, 11) is -8.01. The lowest BCUT2D eigenvalue weighted by molar-refractivity contribution is 0.250. The molecule has 0 aliphatic carbocycles. The van der Waals surface area contributed by atoms with E-state index in [9.17, 15) is 0 Å². The van der Waals surface area contributed by atoms with Gasteiger partial charge in [-0.2, -0.15) is 0 Å². The van der Waals surface area contributed by atoms with Gasteiger partial charge in [0.1, 0.15) is 0 Å². The minimum atomic E-state index is -2.68. The van der Waals surface area contributed by atoms with Gasteiger partial charge in [0.2, 0.25) is 0 Å². The molecule has 1 aromatic rings. The van der Waals surface area contributed by atoms with Crippen LogP contribution in [0.3, 0.4) is 0 Å². The Hall–Kier alpha value is -0.292. The fourth-order valence-electron chi connectivity index (χ4n) is 2.84. The largest absolute Gasteiger partial charge is 0.469 e. The maximum atomic E-state index is 6.72.